The van der Waals surface area contributed by atoms with Crippen LogP contribution in [0.1, 0.15) is 10.9 Å². The lowest BCUT2D eigenvalue weighted by Gasteiger charge is -2.27. The van der Waals surface area contributed by atoms with Crippen LogP contribution in [0.5, 0.6) is 0 Å². The Kier molecular flexibility index (Phi) is 4.77. The van der Waals surface area contributed by atoms with Gasteiger partial charge in [-0.15, -0.1) is 11.8 Å². The van der Waals surface area contributed by atoms with Crippen molar-refractivity contribution < 1.29 is 13.2 Å². The number of nitrogens with zero attached hydrogens (tertiary/aromatic N) is 1. The maximum Gasteiger partial charge on any atom is 0.174 e. The van der Waals surface area contributed by atoms with Gasteiger partial charge in [-0.05, 0) is 24.4 Å². The van der Waals surface area contributed by atoms with Gasteiger partial charge in [-0.3, -0.25) is 0 Å². The third kappa shape index (κ3) is 3.45. The minimum Gasteiger partial charge on any atom is -0.333 e. The first-order chi connectivity index (χ1) is 11.1. The summed E-state index contributed by atoms with van der Waals surface area (Å²) in [5, 5.41) is 2.83. The standard InChI is InChI=1S/C16H13F3N2S2/c17-10-8-12(18)14(13(19)9-10)15-21(6-7-23-15)16(22)20-11-4-2-1-3-5-11/h1-5,8-9,15H,6-7H2,(H,20,22)/t15-/m0/s1. The first-order valence-corrected chi connectivity index (χ1v) is 8.40. The van der Waals surface area contributed by atoms with Gasteiger partial charge >= 0.3 is 0 Å². The van der Waals surface area contributed by atoms with Crippen molar-refractivity contribution in [3.8, 4) is 0 Å². The third-order valence-corrected chi connectivity index (χ3v) is 5.03. The molecule has 0 spiro atoms. The summed E-state index contributed by atoms with van der Waals surface area (Å²) < 4.78 is 41.2. The van der Waals surface area contributed by atoms with Crippen molar-refractivity contribution in [2.24, 2.45) is 0 Å². The average Bonchev–Trinajstić information content (AvgIpc) is 2.96. The van der Waals surface area contributed by atoms with Gasteiger partial charge in [-0.2, -0.15) is 0 Å². The molecule has 0 radical (unpaired) electrons. The van der Waals surface area contributed by atoms with Crippen LogP contribution in [0.15, 0.2) is 42.5 Å². The second-order valence-corrected chi connectivity index (χ2v) is 6.57. The monoisotopic (exact) mass is 354 g/mol. The van der Waals surface area contributed by atoms with Crippen LogP contribution in [0.25, 0.3) is 0 Å². The summed E-state index contributed by atoms with van der Waals surface area (Å²) in [6.07, 6.45) is 0. The van der Waals surface area contributed by atoms with Crippen LogP contribution >= 0.6 is 24.0 Å². The molecule has 7 heteroatoms. The van der Waals surface area contributed by atoms with Crippen molar-refractivity contribution in [1.29, 1.82) is 0 Å². The molecule has 2 nitrogen and oxygen atoms in total. The van der Waals surface area contributed by atoms with Crippen LogP contribution in [0.4, 0.5) is 18.9 Å². The van der Waals surface area contributed by atoms with Crippen LogP contribution in [0.3, 0.4) is 0 Å². The summed E-state index contributed by atoms with van der Waals surface area (Å²) in [6.45, 7) is 0.560. The molecule has 1 saturated heterocycles. The van der Waals surface area contributed by atoms with Crippen molar-refractivity contribution >= 4 is 34.8 Å². The van der Waals surface area contributed by atoms with Crippen molar-refractivity contribution in [2.75, 3.05) is 17.6 Å². The smallest absolute Gasteiger partial charge is 0.174 e. The molecule has 3 rings (SSSR count). The second kappa shape index (κ2) is 6.80. The van der Waals surface area contributed by atoms with Gasteiger partial charge in [0.2, 0.25) is 0 Å². The number of benzene rings is 2. The molecule has 120 valence electrons. The molecule has 1 N–H and O–H groups in total. The number of thioether (sulfide) groups is 1. The van der Waals surface area contributed by atoms with E-state index in [0.717, 1.165) is 5.69 Å². The highest BCUT2D eigenvalue weighted by molar-refractivity contribution is 7.99. The molecule has 0 bridgehead atoms. The lowest BCUT2D eigenvalue weighted by molar-refractivity contribution is 0.422. The van der Waals surface area contributed by atoms with Crippen molar-refractivity contribution in [1.82, 2.24) is 4.90 Å². The minimum absolute atomic E-state index is 0.161. The Balaban J connectivity index is 1.85. The molecule has 2 aromatic carbocycles. The fourth-order valence-electron chi connectivity index (χ4n) is 2.42. The molecule has 1 heterocycles. The largest absolute Gasteiger partial charge is 0.333 e. The quantitative estimate of drug-likeness (QED) is 0.796. The minimum atomic E-state index is -0.928. The van der Waals surface area contributed by atoms with Crippen molar-refractivity contribution in [2.45, 2.75) is 5.37 Å². The predicted molar refractivity (Wildman–Crippen MR) is 90.9 cm³/mol. The molecule has 0 aliphatic carbocycles. The van der Waals surface area contributed by atoms with Crippen LogP contribution < -0.4 is 5.32 Å². The van der Waals surface area contributed by atoms with Crippen molar-refractivity contribution in [3.05, 3.63) is 65.5 Å². The zero-order chi connectivity index (χ0) is 16.4. The van der Waals surface area contributed by atoms with Gasteiger partial charge in [-0.25, -0.2) is 13.2 Å². The third-order valence-electron chi connectivity index (χ3n) is 3.47. The Morgan fingerprint density at radius 2 is 1.78 bits per heavy atom. The van der Waals surface area contributed by atoms with Gasteiger partial charge in [0.1, 0.15) is 22.8 Å². The van der Waals surface area contributed by atoms with Gasteiger partial charge in [0, 0.05) is 30.1 Å². The number of para-hydroxylation sites is 1. The van der Waals surface area contributed by atoms with Crippen LogP contribution in [0, 0.1) is 17.5 Å². The van der Waals surface area contributed by atoms with E-state index in [1.54, 1.807) is 4.90 Å². The molecule has 1 atom stereocenters. The number of thiocarbonyl (C=S) groups is 1. The fraction of sp³-hybridized carbons (Fsp3) is 0.188. The molecule has 2 aromatic rings. The van der Waals surface area contributed by atoms with E-state index < -0.39 is 22.8 Å². The van der Waals surface area contributed by atoms with E-state index in [9.17, 15) is 13.2 Å². The highest BCUT2D eigenvalue weighted by Crippen LogP contribution is 2.40. The topological polar surface area (TPSA) is 15.3 Å². The highest BCUT2D eigenvalue weighted by atomic mass is 32.2. The van der Waals surface area contributed by atoms with E-state index in [4.69, 9.17) is 12.2 Å². The Bertz CT molecular complexity index is 702. The number of hydrogen-bond donors (Lipinski definition) is 1. The van der Waals surface area contributed by atoms with E-state index in [1.165, 1.54) is 11.8 Å². The average molecular weight is 354 g/mol. The fourth-order valence-corrected chi connectivity index (χ4v) is 4.11. The number of halogens is 3. The molecule has 1 aliphatic rings. The summed E-state index contributed by atoms with van der Waals surface area (Å²) in [6, 6.07) is 10.7. The molecule has 0 saturated carbocycles. The van der Waals surface area contributed by atoms with Crippen LogP contribution in [-0.4, -0.2) is 22.3 Å². The predicted octanol–water partition coefficient (Wildman–Crippen LogP) is 4.55. The maximum absolute atomic E-state index is 14.0. The SMILES string of the molecule is Fc1cc(F)c([C@@H]2SCCN2C(=S)Nc2ccccc2)c(F)c1. The Labute approximate surface area is 141 Å². The summed E-state index contributed by atoms with van der Waals surface area (Å²) in [5.74, 6) is -2.04. The lowest BCUT2D eigenvalue weighted by Crippen LogP contribution is -2.34. The molecule has 1 aliphatic heterocycles. The summed E-state index contributed by atoms with van der Waals surface area (Å²) >= 11 is 6.74. The van der Waals surface area contributed by atoms with Crippen LogP contribution in [0.2, 0.25) is 0 Å². The van der Waals surface area contributed by atoms with E-state index in [2.05, 4.69) is 5.32 Å². The molecule has 0 unspecified atom stereocenters. The molecular weight excluding hydrogens is 341 g/mol. The maximum atomic E-state index is 14.0. The Morgan fingerprint density at radius 1 is 1.13 bits per heavy atom. The van der Waals surface area contributed by atoms with Gasteiger partial charge in [0.25, 0.3) is 0 Å². The van der Waals surface area contributed by atoms with Crippen LogP contribution in [-0.2, 0) is 0 Å². The highest BCUT2D eigenvalue weighted by Gasteiger charge is 2.33. The van der Waals surface area contributed by atoms with Gasteiger partial charge in [0.15, 0.2) is 5.11 Å². The number of anilines is 1. The van der Waals surface area contributed by atoms with Crippen molar-refractivity contribution in [3.63, 3.8) is 0 Å². The second-order valence-electron chi connectivity index (χ2n) is 5.00. The first kappa shape index (κ1) is 16.1. The summed E-state index contributed by atoms with van der Waals surface area (Å²) in [7, 11) is 0. The van der Waals surface area contributed by atoms with Gasteiger partial charge < -0.3 is 10.2 Å². The Hall–Kier alpha value is -1.73. The van der Waals surface area contributed by atoms with Gasteiger partial charge in [-0.1, -0.05) is 18.2 Å². The van der Waals surface area contributed by atoms with E-state index in [-0.39, 0.29) is 5.56 Å². The molecular formula is C16H13F3N2S2. The van der Waals surface area contributed by atoms with E-state index in [1.807, 2.05) is 30.3 Å². The van der Waals surface area contributed by atoms with Gasteiger partial charge in [0.05, 0.1) is 5.56 Å². The van der Waals surface area contributed by atoms with E-state index in [0.29, 0.717) is 29.5 Å². The molecule has 0 aromatic heterocycles. The lowest BCUT2D eigenvalue weighted by atomic mass is 10.1. The molecule has 1 fully saturated rings. The number of rotatable bonds is 2. The number of nitrogens with one attached hydrogen (secondary N) is 1. The van der Waals surface area contributed by atoms with E-state index >= 15 is 0 Å². The molecule has 23 heavy (non-hydrogen) atoms. The zero-order valence-electron chi connectivity index (χ0n) is 11.9. The Morgan fingerprint density at radius 3 is 2.43 bits per heavy atom. The summed E-state index contributed by atoms with van der Waals surface area (Å²) in [5.41, 5.74) is 0.638. The normalized spacial score (nSPS) is 17.3. The molecule has 0 amide bonds. The summed E-state index contributed by atoms with van der Waals surface area (Å²) in [4.78, 5) is 1.71. The number of hydrogen-bond acceptors (Lipinski definition) is 2. The zero-order valence-corrected chi connectivity index (χ0v) is 13.6. The first-order valence-electron chi connectivity index (χ1n) is 6.95.